The van der Waals surface area contributed by atoms with Crippen LogP contribution < -0.4 is 5.32 Å². The van der Waals surface area contributed by atoms with E-state index in [9.17, 15) is 8.78 Å². The maximum absolute atomic E-state index is 13.6. The Balaban J connectivity index is 3.05. The highest BCUT2D eigenvalue weighted by Crippen LogP contribution is 2.27. The van der Waals surface area contributed by atoms with Gasteiger partial charge in [0, 0.05) is 11.6 Å². The Kier molecular flexibility index (Phi) is 4.69. The summed E-state index contributed by atoms with van der Waals surface area (Å²) in [6.45, 7) is 4.07. The molecule has 0 aliphatic carbocycles. The van der Waals surface area contributed by atoms with Gasteiger partial charge in [0.25, 0.3) is 0 Å². The van der Waals surface area contributed by atoms with Crippen molar-refractivity contribution in [3.63, 3.8) is 0 Å². The van der Waals surface area contributed by atoms with Crippen LogP contribution in [0.25, 0.3) is 0 Å². The van der Waals surface area contributed by atoms with Gasteiger partial charge in [-0.2, -0.15) is 0 Å². The van der Waals surface area contributed by atoms with Gasteiger partial charge in [0.05, 0.1) is 5.02 Å². The van der Waals surface area contributed by atoms with Crippen molar-refractivity contribution in [3.05, 3.63) is 34.4 Å². The first-order valence-corrected chi connectivity index (χ1v) is 5.65. The number of halogens is 3. The fourth-order valence-electron chi connectivity index (χ4n) is 1.68. The molecule has 0 saturated carbocycles. The molecule has 4 heteroatoms. The largest absolute Gasteiger partial charge is 0.313 e. The first-order chi connectivity index (χ1) is 7.45. The Morgan fingerprint density at radius 1 is 1.25 bits per heavy atom. The van der Waals surface area contributed by atoms with Crippen LogP contribution in [-0.4, -0.2) is 7.05 Å². The zero-order chi connectivity index (χ0) is 12.3. The Morgan fingerprint density at radius 2 is 1.88 bits per heavy atom. The molecule has 0 heterocycles. The van der Waals surface area contributed by atoms with Gasteiger partial charge in [-0.3, -0.25) is 0 Å². The van der Waals surface area contributed by atoms with E-state index in [1.165, 1.54) is 6.07 Å². The van der Waals surface area contributed by atoms with Crippen LogP contribution in [-0.2, 0) is 0 Å². The molecule has 1 nitrogen and oxygen atoms in total. The van der Waals surface area contributed by atoms with E-state index in [2.05, 4.69) is 5.32 Å². The van der Waals surface area contributed by atoms with E-state index in [1.807, 2.05) is 13.8 Å². The van der Waals surface area contributed by atoms with Gasteiger partial charge in [-0.1, -0.05) is 25.4 Å². The van der Waals surface area contributed by atoms with Crippen LogP contribution >= 0.6 is 11.6 Å². The van der Waals surface area contributed by atoms with E-state index in [-0.39, 0.29) is 11.1 Å². The molecule has 0 radical (unpaired) electrons. The summed E-state index contributed by atoms with van der Waals surface area (Å²) in [6, 6.07) is 2.00. The molecule has 0 aliphatic rings. The quantitative estimate of drug-likeness (QED) is 0.795. The molecule has 0 spiro atoms. The molecule has 90 valence electrons. The number of rotatable bonds is 4. The third kappa shape index (κ3) is 3.16. The van der Waals surface area contributed by atoms with Crippen molar-refractivity contribution in [3.8, 4) is 0 Å². The predicted octanol–water partition coefficient (Wildman–Crippen LogP) is 3.92. The van der Waals surface area contributed by atoms with E-state index in [0.717, 1.165) is 12.5 Å². The fourth-order valence-corrected chi connectivity index (χ4v) is 1.83. The lowest BCUT2D eigenvalue weighted by molar-refractivity contribution is 0.437. The zero-order valence-corrected chi connectivity index (χ0v) is 10.4. The molecule has 16 heavy (non-hydrogen) atoms. The Bertz CT molecular complexity index is 366. The second-order valence-electron chi connectivity index (χ2n) is 4.26. The second-order valence-corrected chi connectivity index (χ2v) is 4.67. The van der Waals surface area contributed by atoms with Crippen molar-refractivity contribution in [1.82, 2.24) is 5.32 Å². The molecule has 0 saturated heterocycles. The van der Waals surface area contributed by atoms with Crippen LogP contribution in [0.15, 0.2) is 12.1 Å². The second kappa shape index (κ2) is 5.60. The minimum atomic E-state index is -0.581. The molecule has 0 aromatic heterocycles. The fraction of sp³-hybridized carbons (Fsp3) is 0.500. The first kappa shape index (κ1) is 13.4. The molecule has 0 aliphatic heterocycles. The lowest BCUT2D eigenvalue weighted by Gasteiger charge is -2.19. The highest BCUT2D eigenvalue weighted by Gasteiger charge is 2.17. The summed E-state index contributed by atoms with van der Waals surface area (Å²) in [5.74, 6) is -0.649. The van der Waals surface area contributed by atoms with Crippen LogP contribution in [0.1, 0.15) is 31.9 Å². The molecule has 1 unspecified atom stereocenters. The third-order valence-electron chi connectivity index (χ3n) is 2.47. The van der Waals surface area contributed by atoms with Crippen molar-refractivity contribution in [2.24, 2.45) is 5.92 Å². The van der Waals surface area contributed by atoms with Gasteiger partial charge in [-0.05, 0) is 31.5 Å². The summed E-state index contributed by atoms with van der Waals surface area (Å²) in [6.07, 6.45) is 0.745. The van der Waals surface area contributed by atoms with Crippen LogP contribution in [0.2, 0.25) is 5.02 Å². The molecular formula is C12H16ClF2N. The lowest BCUT2D eigenvalue weighted by Crippen LogP contribution is -2.19. The Morgan fingerprint density at radius 3 is 2.38 bits per heavy atom. The van der Waals surface area contributed by atoms with Gasteiger partial charge in [0.2, 0.25) is 0 Å². The van der Waals surface area contributed by atoms with Crippen LogP contribution in [0.5, 0.6) is 0 Å². The summed E-state index contributed by atoms with van der Waals surface area (Å²) in [4.78, 5) is 0. The molecule has 1 aromatic carbocycles. The zero-order valence-electron chi connectivity index (χ0n) is 9.65. The predicted molar refractivity (Wildman–Crippen MR) is 62.6 cm³/mol. The highest BCUT2D eigenvalue weighted by molar-refractivity contribution is 6.30. The maximum Gasteiger partial charge on any atom is 0.142 e. The van der Waals surface area contributed by atoms with E-state index in [4.69, 9.17) is 11.6 Å². The monoisotopic (exact) mass is 247 g/mol. The molecule has 1 aromatic rings. The Hall–Kier alpha value is -0.670. The number of benzene rings is 1. The van der Waals surface area contributed by atoms with Crippen LogP contribution in [0.3, 0.4) is 0 Å². The summed E-state index contributed by atoms with van der Waals surface area (Å²) in [7, 11) is 1.74. The van der Waals surface area contributed by atoms with Crippen molar-refractivity contribution in [2.75, 3.05) is 7.05 Å². The third-order valence-corrected chi connectivity index (χ3v) is 2.76. The smallest absolute Gasteiger partial charge is 0.142 e. The van der Waals surface area contributed by atoms with Gasteiger partial charge < -0.3 is 5.32 Å². The molecule has 1 atom stereocenters. The highest BCUT2D eigenvalue weighted by atomic mass is 35.5. The van der Waals surface area contributed by atoms with Gasteiger partial charge in [0.15, 0.2) is 0 Å². The van der Waals surface area contributed by atoms with Crippen LogP contribution in [0, 0.1) is 17.6 Å². The molecule has 0 bridgehead atoms. The van der Waals surface area contributed by atoms with E-state index in [0.29, 0.717) is 11.5 Å². The van der Waals surface area contributed by atoms with Gasteiger partial charge in [-0.15, -0.1) is 0 Å². The maximum atomic E-state index is 13.6. The number of hydrogen-bond acceptors (Lipinski definition) is 1. The summed E-state index contributed by atoms with van der Waals surface area (Å²) in [5, 5.41) is 2.81. The van der Waals surface area contributed by atoms with E-state index >= 15 is 0 Å². The topological polar surface area (TPSA) is 12.0 Å². The normalized spacial score (nSPS) is 13.2. The summed E-state index contributed by atoms with van der Waals surface area (Å²) >= 11 is 5.50. The standard InChI is InChI=1S/C12H16ClF2N/c1-7(2)4-12(16-3)8-5-11(15)9(13)6-10(8)14/h5-7,12,16H,4H2,1-3H3. The minimum absolute atomic E-state index is 0.180. The summed E-state index contributed by atoms with van der Waals surface area (Å²) in [5.41, 5.74) is 0.332. The minimum Gasteiger partial charge on any atom is -0.313 e. The van der Waals surface area contributed by atoms with Gasteiger partial charge in [0.1, 0.15) is 11.6 Å². The summed E-state index contributed by atoms with van der Waals surface area (Å²) < 4.78 is 26.9. The van der Waals surface area contributed by atoms with Crippen molar-refractivity contribution in [1.29, 1.82) is 0 Å². The molecular weight excluding hydrogens is 232 g/mol. The first-order valence-electron chi connectivity index (χ1n) is 5.27. The van der Waals surface area contributed by atoms with Crippen molar-refractivity contribution < 1.29 is 8.78 Å². The van der Waals surface area contributed by atoms with Crippen molar-refractivity contribution >= 4 is 11.6 Å². The van der Waals surface area contributed by atoms with Crippen molar-refractivity contribution in [2.45, 2.75) is 26.3 Å². The molecule has 1 N–H and O–H groups in total. The molecule has 0 amide bonds. The SMILES string of the molecule is CNC(CC(C)C)c1cc(F)c(Cl)cc1F. The molecule has 1 rings (SSSR count). The van der Waals surface area contributed by atoms with Gasteiger partial charge in [-0.25, -0.2) is 8.78 Å². The average Bonchev–Trinajstić information content (AvgIpc) is 2.20. The Labute approximate surface area is 99.8 Å². The number of nitrogens with one attached hydrogen (secondary N) is 1. The van der Waals surface area contributed by atoms with E-state index in [1.54, 1.807) is 7.05 Å². The number of hydrogen-bond donors (Lipinski definition) is 1. The lowest BCUT2D eigenvalue weighted by atomic mass is 9.96. The average molecular weight is 248 g/mol. The van der Waals surface area contributed by atoms with E-state index < -0.39 is 11.6 Å². The molecule has 0 fully saturated rings. The van der Waals surface area contributed by atoms with Gasteiger partial charge >= 0.3 is 0 Å². The van der Waals surface area contributed by atoms with Crippen LogP contribution in [0.4, 0.5) is 8.78 Å².